The van der Waals surface area contributed by atoms with Gasteiger partial charge in [-0.1, -0.05) is 67.4 Å². The van der Waals surface area contributed by atoms with Gasteiger partial charge < -0.3 is 5.73 Å². The molecule has 1 fully saturated rings. The molecule has 1 atom stereocenters. The lowest BCUT2D eigenvalue weighted by Crippen LogP contribution is -2.24. The Hall–Kier alpha value is -0.240. The molecule has 0 bridgehead atoms. The fourth-order valence-electron chi connectivity index (χ4n) is 3.02. The van der Waals surface area contributed by atoms with Gasteiger partial charge in [0, 0.05) is 6.04 Å². The predicted molar refractivity (Wildman–Crippen MR) is 84.0 cm³/mol. The Morgan fingerprint density at radius 2 is 1.89 bits per heavy atom. The number of rotatable bonds is 5. The lowest BCUT2D eigenvalue weighted by atomic mass is 9.85. The van der Waals surface area contributed by atoms with Gasteiger partial charge in [0.2, 0.25) is 0 Å². The van der Waals surface area contributed by atoms with Gasteiger partial charge in [-0.05, 0) is 36.8 Å². The van der Waals surface area contributed by atoms with Crippen molar-refractivity contribution in [1.82, 2.24) is 0 Å². The first-order valence-electron chi connectivity index (χ1n) is 7.35. The minimum atomic E-state index is 0.192. The first-order valence-corrected chi connectivity index (χ1v) is 8.11. The van der Waals surface area contributed by atoms with Crippen molar-refractivity contribution in [3.8, 4) is 0 Å². The normalized spacial score (nSPS) is 18.5. The van der Waals surface area contributed by atoms with E-state index < -0.39 is 0 Å². The molecule has 0 amide bonds. The Morgan fingerprint density at radius 1 is 1.16 bits per heavy atom. The molecule has 1 nitrogen and oxygen atoms in total. The van der Waals surface area contributed by atoms with Gasteiger partial charge >= 0.3 is 0 Å². The zero-order valence-corrected chi connectivity index (χ0v) is 12.9. The molecule has 19 heavy (non-hydrogen) atoms. The summed E-state index contributed by atoms with van der Waals surface area (Å²) >= 11 is 12.2. The zero-order valence-electron chi connectivity index (χ0n) is 11.4. The monoisotopic (exact) mass is 299 g/mol. The fraction of sp³-hybridized carbons (Fsp3) is 0.625. The Balaban J connectivity index is 1.80. The van der Waals surface area contributed by atoms with E-state index in [0.29, 0.717) is 10.0 Å². The van der Waals surface area contributed by atoms with E-state index in [1.54, 1.807) is 0 Å². The van der Waals surface area contributed by atoms with Crippen LogP contribution in [0, 0.1) is 5.92 Å². The summed E-state index contributed by atoms with van der Waals surface area (Å²) in [5.41, 5.74) is 7.31. The minimum absolute atomic E-state index is 0.192. The van der Waals surface area contributed by atoms with E-state index in [1.165, 1.54) is 38.5 Å². The smallest absolute Gasteiger partial charge is 0.0624 e. The van der Waals surface area contributed by atoms with Crippen molar-refractivity contribution in [1.29, 1.82) is 0 Å². The molecule has 106 valence electrons. The van der Waals surface area contributed by atoms with E-state index in [0.717, 1.165) is 24.3 Å². The van der Waals surface area contributed by atoms with Gasteiger partial charge in [-0.15, -0.1) is 0 Å². The average Bonchev–Trinajstić information content (AvgIpc) is 2.43. The van der Waals surface area contributed by atoms with Gasteiger partial charge in [-0.2, -0.15) is 0 Å². The SMILES string of the molecule is NC(CCC1CCCCC1)Cc1cccc(Cl)c1Cl. The number of hydrogen-bond acceptors (Lipinski definition) is 1. The summed E-state index contributed by atoms with van der Waals surface area (Å²) in [4.78, 5) is 0. The second-order valence-electron chi connectivity index (χ2n) is 5.76. The maximum atomic E-state index is 6.24. The highest BCUT2D eigenvalue weighted by molar-refractivity contribution is 6.42. The standard InChI is InChI=1S/C16H23Cl2N/c17-15-8-4-7-13(16(15)18)11-14(19)10-9-12-5-2-1-3-6-12/h4,7-8,12,14H,1-3,5-6,9-11,19H2. The molecule has 1 aliphatic rings. The summed E-state index contributed by atoms with van der Waals surface area (Å²) in [5.74, 6) is 0.898. The van der Waals surface area contributed by atoms with Gasteiger partial charge in [0.1, 0.15) is 0 Å². The highest BCUT2D eigenvalue weighted by atomic mass is 35.5. The van der Waals surface area contributed by atoms with Crippen LogP contribution in [0.2, 0.25) is 10.0 Å². The number of nitrogens with two attached hydrogens (primary N) is 1. The number of halogens is 2. The maximum absolute atomic E-state index is 6.24. The van der Waals surface area contributed by atoms with Crippen LogP contribution < -0.4 is 5.73 Å². The molecule has 0 heterocycles. The third-order valence-corrected chi connectivity index (χ3v) is 5.04. The second kappa shape index (κ2) is 7.52. The van der Waals surface area contributed by atoms with Gasteiger partial charge in [-0.25, -0.2) is 0 Å². The van der Waals surface area contributed by atoms with Crippen molar-refractivity contribution in [3.63, 3.8) is 0 Å². The van der Waals surface area contributed by atoms with E-state index in [2.05, 4.69) is 0 Å². The molecule has 0 aromatic heterocycles. The van der Waals surface area contributed by atoms with Gasteiger partial charge in [0.15, 0.2) is 0 Å². The van der Waals surface area contributed by atoms with E-state index in [4.69, 9.17) is 28.9 Å². The molecular formula is C16H23Cl2N. The molecule has 1 saturated carbocycles. The average molecular weight is 300 g/mol. The van der Waals surface area contributed by atoms with E-state index >= 15 is 0 Å². The third-order valence-electron chi connectivity index (χ3n) is 4.18. The minimum Gasteiger partial charge on any atom is -0.327 e. The van der Waals surface area contributed by atoms with Crippen molar-refractivity contribution in [2.24, 2.45) is 11.7 Å². The van der Waals surface area contributed by atoms with Crippen LogP contribution in [0.5, 0.6) is 0 Å². The van der Waals surface area contributed by atoms with Crippen molar-refractivity contribution in [2.45, 2.75) is 57.4 Å². The topological polar surface area (TPSA) is 26.0 Å². The van der Waals surface area contributed by atoms with E-state index in [-0.39, 0.29) is 6.04 Å². The Labute approximate surface area is 126 Å². The largest absolute Gasteiger partial charge is 0.327 e. The van der Waals surface area contributed by atoms with Crippen molar-refractivity contribution >= 4 is 23.2 Å². The number of benzene rings is 1. The predicted octanol–water partition coefficient (Wildman–Crippen LogP) is 5.22. The van der Waals surface area contributed by atoms with Crippen molar-refractivity contribution in [2.75, 3.05) is 0 Å². The van der Waals surface area contributed by atoms with Gasteiger partial charge in [0.05, 0.1) is 10.0 Å². The molecule has 1 aromatic rings. The van der Waals surface area contributed by atoms with Gasteiger partial charge in [0.25, 0.3) is 0 Å². The maximum Gasteiger partial charge on any atom is 0.0624 e. The summed E-state index contributed by atoms with van der Waals surface area (Å²) in [5, 5.41) is 1.29. The molecule has 1 aromatic carbocycles. The third kappa shape index (κ3) is 4.66. The highest BCUT2D eigenvalue weighted by Gasteiger charge is 2.15. The molecule has 3 heteroatoms. The summed E-state index contributed by atoms with van der Waals surface area (Å²) in [7, 11) is 0. The molecule has 0 radical (unpaired) electrons. The van der Waals surface area contributed by atoms with Crippen LogP contribution in [0.3, 0.4) is 0 Å². The highest BCUT2D eigenvalue weighted by Crippen LogP contribution is 2.29. The quantitative estimate of drug-likeness (QED) is 0.792. The summed E-state index contributed by atoms with van der Waals surface area (Å²) in [6, 6.07) is 5.98. The zero-order chi connectivity index (χ0) is 13.7. The molecule has 1 aliphatic carbocycles. The molecular weight excluding hydrogens is 277 g/mol. The summed E-state index contributed by atoms with van der Waals surface area (Å²) < 4.78 is 0. The Bertz CT molecular complexity index is 400. The van der Waals surface area contributed by atoms with E-state index in [1.807, 2.05) is 18.2 Å². The molecule has 0 saturated heterocycles. The summed E-state index contributed by atoms with van der Waals surface area (Å²) in [6.07, 6.45) is 10.2. The van der Waals surface area contributed by atoms with Gasteiger partial charge in [-0.3, -0.25) is 0 Å². The van der Waals surface area contributed by atoms with Crippen LogP contribution in [-0.4, -0.2) is 6.04 Å². The first-order chi connectivity index (χ1) is 9.16. The summed E-state index contributed by atoms with van der Waals surface area (Å²) in [6.45, 7) is 0. The molecule has 0 aliphatic heterocycles. The lowest BCUT2D eigenvalue weighted by Gasteiger charge is -2.23. The molecule has 2 N–H and O–H groups in total. The lowest BCUT2D eigenvalue weighted by molar-refractivity contribution is 0.323. The fourth-order valence-corrected chi connectivity index (χ4v) is 3.41. The molecule has 0 spiro atoms. The molecule has 2 rings (SSSR count). The van der Waals surface area contributed by atoms with Crippen LogP contribution >= 0.6 is 23.2 Å². The Morgan fingerprint density at radius 3 is 2.63 bits per heavy atom. The molecule has 1 unspecified atom stereocenters. The van der Waals surface area contributed by atoms with Crippen LogP contribution in [0.25, 0.3) is 0 Å². The first kappa shape index (κ1) is 15.2. The van der Waals surface area contributed by atoms with Crippen molar-refractivity contribution < 1.29 is 0 Å². The van der Waals surface area contributed by atoms with Crippen LogP contribution in [0.1, 0.15) is 50.5 Å². The number of hydrogen-bond donors (Lipinski definition) is 1. The van der Waals surface area contributed by atoms with E-state index in [9.17, 15) is 0 Å². The van der Waals surface area contributed by atoms with Crippen LogP contribution in [-0.2, 0) is 6.42 Å². The second-order valence-corrected chi connectivity index (χ2v) is 6.54. The Kier molecular flexibility index (Phi) is 6.00. The van der Waals surface area contributed by atoms with Crippen molar-refractivity contribution in [3.05, 3.63) is 33.8 Å². The van der Waals surface area contributed by atoms with Crippen LogP contribution in [0.15, 0.2) is 18.2 Å². The van der Waals surface area contributed by atoms with Crippen LogP contribution in [0.4, 0.5) is 0 Å².